The van der Waals surface area contributed by atoms with Gasteiger partial charge in [0.2, 0.25) is 0 Å². The van der Waals surface area contributed by atoms with Crippen LogP contribution in [0.15, 0.2) is 71.6 Å². The van der Waals surface area contributed by atoms with Gasteiger partial charge in [-0.1, -0.05) is 24.6 Å². The molecule has 0 saturated carbocycles. The molecule has 0 unspecified atom stereocenters. The Morgan fingerprint density at radius 1 is 1.05 bits per heavy atom. The van der Waals surface area contributed by atoms with Gasteiger partial charge in [-0.25, -0.2) is 9.97 Å². The summed E-state index contributed by atoms with van der Waals surface area (Å²) in [5, 5.41) is 13.8. The third-order valence-electron chi connectivity index (χ3n) is 8.69. The minimum Gasteiger partial charge on any atom is -0.392 e. The second-order valence-electron chi connectivity index (χ2n) is 11.8. The van der Waals surface area contributed by atoms with Gasteiger partial charge < -0.3 is 24.8 Å². The average Bonchev–Trinajstić information content (AvgIpc) is 3.08. The number of likely N-dealkylation sites (tertiary alicyclic amines) is 1. The van der Waals surface area contributed by atoms with E-state index < -0.39 is 0 Å². The highest BCUT2D eigenvalue weighted by Crippen LogP contribution is 2.34. The molecule has 0 spiro atoms. The summed E-state index contributed by atoms with van der Waals surface area (Å²) in [5.74, 6) is 1.36. The minimum absolute atomic E-state index is 0.139. The molecule has 2 N–H and O–H groups in total. The number of pyridine rings is 3. The molecule has 2 fully saturated rings. The Hall–Kier alpha value is -4.28. The SMILES string of the molecule is C=C1/C=C2/C(=O)N(c3nccc(-c4cc(Nc5ccc(C6CN(C)C6)cn5)c(=O)n(C)c4)c3CO)CCN2CCCCC1. The monoisotopic (exact) mass is 581 g/mol. The summed E-state index contributed by atoms with van der Waals surface area (Å²) in [4.78, 5) is 42.2. The van der Waals surface area contributed by atoms with E-state index >= 15 is 0 Å². The zero-order valence-corrected chi connectivity index (χ0v) is 24.9. The van der Waals surface area contributed by atoms with Gasteiger partial charge in [-0.15, -0.1) is 0 Å². The molecule has 2 saturated heterocycles. The minimum atomic E-state index is -0.317. The lowest BCUT2D eigenvalue weighted by Crippen LogP contribution is -2.49. The van der Waals surface area contributed by atoms with E-state index in [0.29, 0.717) is 58.7 Å². The molecule has 0 bridgehead atoms. The Labute approximate surface area is 252 Å². The number of fused-ring (bicyclic) bond motifs is 1. The third-order valence-corrected chi connectivity index (χ3v) is 8.69. The van der Waals surface area contributed by atoms with Crippen LogP contribution in [0.1, 0.15) is 42.7 Å². The lowest BCUT2D eigenvalue weighted by Gasteiger charge is -2.37. The van der Waals surface area contributed by atoms with Crippen LogP contribution in [-0.4, -0.2) is 75.1 Å². The van der Waals surface area contributed by atoms with Gasteiger partial charge >= 0.3 is 0 Å². The van der Waals surface area contributed by atoms with E-state index in [2.05, 4.69) is 44.8 Å². The zero-order valence-electron chi connectivity index (χ0n) is 24.9. The molecule has 10 nitrogen and oxygen atoms in total. The molecule has 0 aromatic carbocycles. The standard InChI is InChI=1S/C33H39N7O3/c1-22-7-5-4-6-12-39-13-14-40(33(43)29(39)15-22)31-27(21-41)26(10-11-34-31)24-16-28(32(42)38(3)20-24)36-30-9-8-23(17-35-30)25-18-37(2)19-25/h8-11,15-17,20,25,41H,1,4-7,12-14,18-19,21H2,2-3H3,(H,35,36)/b29-15-. The van der Waals surface area contributed by atoms with Crippen LogP contribution >= 0.6 is 0 Å². The highest BCUT2D eigenvalue weighted by Gasteiger charge is 2.33. The summed E-state index contributed by atoms with van der Waals surface area (Å²) in [6, 6.07) is 7.53. The van der Waals surface area contributed by atoms with Crippen molar-refractivity contribution in [2.45, 2.75) is 38.2 Å². The van der Waals surface area contributed by atoms with Gasteiger partial charge in [-0.3, -0.25) is 14.5 Å². The van der Waals surface area contributed by atoms with Gasteiger partial charge in [0.25, 0.3) is 11.5 Å². The average molecular weight is 582 g/mol. The van der Waals surface area contributed by atoms with Crippen LogP contribution in [0, 0.1) is 0 Å². The quantitative estimate of drug-likeness (QED) is 0.453. The summed E-state index contributed by atoms with van der Waals surface area (Å²) >= 11 is 0. The van der Waals surface area contributed by atoms with E-state index in [4.69, 9.17) is 0 Å². The first-order valence-corrected chi connectivity index (χ1v) is 15.0. The third kappa shape index (κ3) is 5.85. The molecule has 3 aromatic heterocycles. The molecule has 43 heavy (non-hydrogen) atoms. The Balaban J connectivity index is 1.31. The van der Waals surface area contributed by atoms with Crippen LogP contribution in [0.2, 0.25) is 0 Å². The van der Waals surface area contributed by atoms with Gasteiger partial charge in [-0.05, 0) is 61.7 Å². The number of likely N-dealkylation sites (N-methyl/N-ethyl adjacent to an activating group) is 1. The van der Waals surface area contributed by atoms with Crippen LogP contribution < -0.4 is 15.8 Å². The zero-order chi connectivity index (χ0) is 30.1. The van der Waals surface area contributed by atoms with E-state index in [9.17, 15) is 14.7 Å². The maximum Gasteiger partial charge on any atom is 0.275 e. The maximum atomic E-state index is 13.8. The van der Waals surface area contributed by atoms with Crippen molar-refractivity contribution in [2.24, 2.45) is 7.05 Å². The van der Waals surface area contributed by atoms with Crippen LogP contribution in [-0.2, 0) is 18.4 Å². The fourth-order valence-electron chi connectivity index (χ4n) is 6.26. The van der Waals surface area contributed by atoms with Crippen molar-refractivity contribution < 1.29 is 9.90 Å². The summed E-state index contributed by atoms with van der Waals surface area (Å²) in [6.45, 7) is 7.88. The molecule has 10 heteroatoms. The van der Waals surface area contributed by atoms with E-state index in [1.165, 1.54) is 10.1 Å². The highest BCUT2D eigenvalue weighted by atomic mass is 16.3. The van der Waals surface area contributed by atoms with Gasteiger partial charge in [0.1, 0.15) is 23.0 Å². The van der Waals surface area contributed by atoms with Gasteiger partial charge in [-0.2, -0.15) is 0 Å². The number of amides is 1. The number of aromatic nitrogens is 3. The second-order valence-corrected chi connectivity index (χ2v) is 11.8. The maximum absolute atomic E-state index is 13.8. The Kier molecular flexibility index (Phi) is 8.14. The number of nitrogens with zero attached hydrogens (tertiary/aromatic N) is 6. The topological polar surface area (TPSA) is 107 Å². The number of allylic oxidation sites excluding steroid dienone is 2. The summed E-state index contributed by atoms with van der Waals surface area (Å²) in [7, 11) is 3.80. The normalized spacial score (nSPS) is 19.6. The number of carbonyl (C=O) groups is 1. The van der Waals surface area contributed by atoms with Gasteiger partial charge in [0.15, 0.2) is 0 Å². The highest BCUT2D eigenvalue weighted by molar-refractivity contribution is 6.06. The van der Waals surface area contributed by atoms with Crippen molar-refractivity contribution in [3.8, 4) is 11.1 Å². The largest absolute Gasteiger partial charge is 0.392 e. The van der Waals surface area contributed by atoms with Crippen molar-refractivity contribution >= 4 is 23.2 Å². The molecule has 6 heterocycles. The number of aliphatic hydroxyl groups is 1. The van der Waals surface area contributed by atoms with Crippen LogP contribution in [0.25, 0.3) is 11.1 Å². The number of nitrogens with one attached hydrogen (secondary N) is 1. The molecule has 0 radical (unpaired) electrons. The number of hydrogen-bond donors (Lipinski definition) is 2. The second kappa shape index (κ2) is 12.1. The van der Waals surface area contributed by atoms with Crippen LogP contribution in [0.5, 0.6) is 0 Å². The summed E-state index contributed by atoms with van der Waals surface area (Å²) < 4.78 is 1.51. The predicted octanol–water partition coefficient (Wildman–Crippen LogP) is 3.77. The van der Waals surface area contributed by atoms with Crippen molar-refractivity contribution in [2.75, 3.05) is 50.0 Å². The van der Waals surface area contributed by atoms with E-state index in [1.807, 2.05) is 24.4 Å². The fraction of sp³-hybridized carbons (Fsp3) is 0.394. The van der Waals surface area contributed by atoms with Gasteiger partial charge in [0.05, 0.1) is 6.61 Å². The number of piperazine rings is 1. The van der Waals surface area contributed by atoms with Crippen molar-refractivity contribution in [1.82, 2.24) is 24.3 Å². The smallest absolute Gasteiger partial charge is 0.275 e. The number of anilines is 3. The molecule has 0 atom stereocenters. The number of carbonyl (C=O) groups excluding carboxylic acids is 1. The van der Waals surface area contributed by atoms with Crippen LogP contribution in [0.3, 0.4) is 0 Å². The summed E-state index contributed by atoms with van der Waals surface area (Å²) in [6.07, 6.45) is 11.3. The van der Waals surface area contributed by atoms with Crippen molar-refractivity contribution in [3.63, 3.8) is 0 Å². The van der Waals surface area contributed by atoms with E-state index in [1.54, 1.807) is 30.4 Å². The lowest BCUT2D eigenvalue weighted by atomic mass is 9.93. The Morgan fingerprint density at radius 2 is 1.88 bits per heavy atom. The number of hydrogen-bond acceptors (Lipinski definition) is 8. The van der Waals surface area contributed by atoms with Crippen LogP contribution in [0.4, 0.5) is 17.3 Å². The molecule has 0 aliphatic carbocycles. The molecule has 3 aliphatic rings. The molecule has 224 valence electrons. The fourth-order valence-corrected chi connectivity index (χ4v) is 6.26. The molecular formula is C33H39N7O3. The first kappa shape index (κ1) is 28.8. The summed E-state index contributed by atoms with van der Waals surface area (Å²) in [5.41, 5.74) is 4.88. The van der Waals surface area contributed by atoms with Gasteiger partial charge in [0, 0.05) is 75.4 Å². The number of aryl methyl sites for hydroxylation is 1. The Bertz CT molecular complexity index is 1620. The van der Waals surface area contributed by atoms with Crippen molar-refractivity contribution in [3.05, 3.63) is 88.3 Å². The first-order chi connectivity index (χ1) is 20.8. The van der Waals surface area contributed by atoms with E-state index in [0.717, 1.165) is 50.9 Å². The molecular weight excluding hydrogens is 542 g/mol. The Morgan fingerprint density at radius 3 is 2.63 bits per heavy atom. The first-order valence-electron chi connectivity index (χ1n) is 15.0. The number of rotatable bonds is 6. The number of aliphatic hydroxyl groups excluding tert-OH is 1. The molecule has 1 amide bonds. The predicted molar refractivity (Wildman–Crippen MR) is 168 cm³/mol. The lowest BCUT2D eigenvalue weighted by molar-refractivity contribution is -0.117. The molecule has 6 rings (SSSR count). The van der Waals surface area contributed by atoms with E-state index in [-0.39, 0.29) is 18.1 Å². The molecule has 3 aromatic rings. The van der Waals surface area contributed by atoms with Crippen molar-refractivity contribution in [1.29, 1.82) is 0 Å². The molecule has 3 aliphatic heterocycles.